The van der Waals surface area contributed by atoms with Gasteiger partial charge in [0, 0.05) is 25.8 Å². The third-order valence-corrected chi connectivity index (χ3v) is 3.38. The molecule has 0 heterocycles. The van der Waals surface area contributed by atoms with Crippen LogP contribution in [0.3, 0.4) is 0 Å². The van der Waals surface area contributed by atoms with E-state index in [0.29, 0.717) is 11.8 Å². The van der Waals surface area contributed by atoms with Crippen LogP contribution in [0, 0.1) is 11.8 Å². The maximum atomic E-state index is 11.0. The van der Waals surface area contributed by atoms with Crippen LogP contribution in [0.15, 0.2) is 24.3 Å². The van der Waals surface area contributed by atoms with Crippen LogP contribution in [-0.2, 0) is 11.3 Å². The average Bonchev–Trinajstić information content (AvgIpc) is 2.39. The zero-order valence-electron chi connectivity index (χ0n) is 13.4. The van der Waals surface area contributed by atoms with E-state index in [-0.39, 0.29) is 12.5 Å². The van der Waals surface area contributed by atoms with E-state index in [1.54, 1.807) is 0 Å². The van der Waals surface area contributed by atoms with Crippen LogP contribution in [0.4, 0.5) is 5.69 Å². The summed E-state index contributed by atoms with van der Waals surface area (Å²) < 4.78 is 0. The van der Waals surface area contributed by atoms with E-state index < -0.39 is 0 Å². The zero-order valence-corrected chi connectivity index (χ0v) is 13.4. The Morgan fingerprint density at radius 3 is 2.43 bits per heavy atom. The predicted octanol–water partition coefficient (Wildman–Crippen LogP) is 2.78. The van der Waals surface area contributed by atoms with Gasteiger partial charge in [-0.1, -0.05) is 26.0 Å². The summed E-state index contributed by atoms with van der Waals surface area (Å²) in [6.07, 6.45) is 1.99. The molecule has 0 spiro atoms. The maximum Gasteiger partial charge on any atom is 0.221 e. The summed E-state index contributed by atoms with van der Waals surface area (Å²) in [5.41, 5.74) is 2.01. The van der Waals surface area contributed by atoms with Gasteiger partial charge in [-0.05, 0) is 48.9 Å². The van der Waals surface area contributed by atoms with E-state index in [1.807, 2.05) is 24.3 Å². The molecule has 0 saturated carbocycles. The van der Waals surface area contributed by atoms with Gasteiger partial charge in [0.1, 0.15) is 0 Å². The second kappa shape index (κ2) is 9.53. The number of nitrogens with one attached hydrogen (secondary N) is 2. The number of anilines is 1. The molecule has 118 valence electrons. The Hall–Kier alpha value is -1.39. The molecule has 1 atom stereocenters. The van der Waals surface area contributed by atoms with Gasteiger partial charge in [0.2, 0.25) is 5.91 Å². The van der Waals surface area contributed by atoms with Crippen LogP contribution < -0.4 is 10.6 Å². The standard InChI is InChI=1S/C17H28N2O2/c1-13(2)10-16(8-9-20)12-18-11-15-4-6-17(7-5-15)19-14(3)21/h4-7,13,16,18,20H,8-12H2,1-3H3,(H,19,21). The van der Waals surface area contributed by atoms with E-state index in [1.165, 1.54) is 12.5 Å². The minimum absolute atomic E-state index is 0.0543. The first-order chi connectivity index (χ1) is 10.0. The molecule has 0 aliphatic carbocycles. The molecule has 0 radical (unpaired) electrons. The van der Waals surface area contributed by atoms with Gasteiger partial charge in [0.05, 0.1) is 0 Å². The zero-order chi connectivity index (χ0) is 15.7. The Morgan fingerprint density at radius 2 is 1.90 bits per heavy atom. The lowest BCUT2D eigenvalue weighted by atomic mass is 9.94. The largest absolute Gasteiger partial charge is 0.396 e. The van der Waals surface area contributed by atoms with Gasteiger partial charge in [-0.3, -0.25) is 4.79 Å². The lowest BCUT2D eigenvalue weighted by Crippen LogP contribution is -2.24. The van der Waals surface area contributed by atoms with Gasteiger partial charge in [0.25, 0.3) is 0 Å². The van der Waals surface area contributed by atoms with Crippen molar-refractivity contribution in [3.63, 3.8) is 0 Å². The molecule has 1 rings (SSSR count). The number of rotatable bonds is 9. The molecule has 21 heavy (non-hydrogen) atoms. The monoisotopic (exact) mass is 292 g/mol. The lowest BCUT2D eigenvalue weighted by Gasteiger charge is -2.18. The summed E-state index contributed by atoms with van der Waals surface area (Å²) in [4.78, 5) is 11.0. The summed E-state index contributed by atoms with van der Waals surface area (Å²) in [5.74, 6) is 1.12. The molecule has 3 N–H and O–H groups in total. The molecule has 1 unspecified atom stereocenters. The van der Waals surface area contributed by atoms with Crippen LogP contribution in [0.1, 0.15) is 39.2 Å². The predicted molar refractivity (Wildman–Crippen MR) is 87.1 cm³/mol. The molecule has 4 heteroatoms. The van der Waals surface area contributed by atoms with Crippen molar-refractivity contribution < 1.29 is 9.90 Å². The number of amides is 1. The Balaban J connectivity index is 2.38. The van der Waals surface area contributed by atoms with Gasteiger partial charge >= 0.3 is 0 Å². The van der Waals surface area contributed by atoms with Crippen LogP contribution in [0.2, 0.25) is 0 Å². The first kappa shape index (κ1) is 17.7. The number of benzene rings is 1. The Labute approximate surface area is 128 Å². The van der Waals surface area contributed by atoms with Gasteiger partial charge < -0.3 is 15.7 Å². The molecule has 4 nitrogen and oxygen atoms in total. The number of aliphatic hydroxyl groups excluding tert-OH is 1. The smallest absolute Gasteiger partial charge is 0.221 e. The molecular weight excluding hydrogens is 264 g/mol. The number of aliphatic hydroxyl groups is 1. The topological polar surface area (TPSA) is 61.4 Å². The highest BCUT2D eigenvalue weighted by molar-refractivity contribution is 5.88. The summed E-state index contributed by atoms with van der Waals surface area (Å²) in [5, 5.41) is 15.3. The SMILES string of the molecule is CC(=O)Nc1ccc(CNCC(CCO)CC(C)C)cc1. The molecule has 0 aliphatic heterocycles. The molecule has 0 aliphatic rings. The molecule has 0 saturated heterocycles. The summed E-state index contributed by atoms with van der Waals surface area (Å²) in [7, 11) is 0. The third-order valence-electron chi connectivity index (χ3n) is 3.38. The Morgan fingerprint density at radius 1 is 1.24 bits per heavy atom. The first-order valence-electron chi connectivity index (χ1n) is 7.69. The average molecular weight is 292 g/mol. The Kier molecular flexibility index (Phi) is 8.01. The highest BCUT2D eigenvalue weighted by Gasteiger charge is 2.10. The van der Waals surface area contributed by atoms with Crippen molar-refractivity contribution in [2.24, 2.45) is 11.8 Å². The number of carbonyl (C=O) groups is 1. The quantitative estimate of drug-likeness (QED) is 0.656. The summed E-state index contributed by atoms with van der Waals surface area (Å²) >= 11 is 0. The van der Waals surface area contributed by atoms with Gasteiger partial charge in [-0.2, -0.15) is 0 Å². The number of carbonyl (C=O) groups excluding carboxylic acids is 1. The Bertz CT molecular complexity index is 415. The number of hydrogen-bond donors (Lipinski definition) is 3. The van der Waals surface area contributed by atoms with Crippen LogP contribution in [0.5, 0.6) is 0 Å². The number of hydrogen-bond acceptors (Lipinski definition) is 3. The van der Waals surface area contributed by atoms with Gasteiger partial charge in [-0.25, -0.2) is 0 Å². The van der Waals surface area contributed by atoms with Crippen LogP contribution >= 0.6 is 0 Å². The fraction of sp³-hybridized carbons (Fsp3) is 0.588. The minimum Gasteiger partial charge on any atom is -0.396 e. The molecular formula is C17H28N2O2. The second-order valence-corrected chi connectivity index (χ2v) is 6.02. The fourth-order valence-electron chi connectivity index (χ4n) is 2.48. The van der Waals surface area contributed by atoms with E-state index in [0.717, 1.165) is 31.6 Å². The molecule has 1 amide bonds. The fourth-order valence-corrected chi connectivity index (χ4v) is 2.48. The third kappa shape index (κ3) is 7.83. The van der Waals surface area contributed by atoms with Gasteiger partial charge in [-0.15, -0.1) is 0 Å². The highest BCUT2D eigenvalue weighted by atomic mass is 16.3. The van der Waals surface area contributed by atoms with Gasteiger partial charge in [0.15, 0.2) is 0 Å². The van der Waals surface area contributed by atoms with Crippen molar-refractivity contribution in [1.82, 2.24) is 5.32 Å². The van der Waals surface area contributed by atoms with Crippen molar-refractivity contribution in [2.75, 3.05) is 18.5 Å². The molecule has 1 aromatic rings. The van der Waals surface area contributed by atoms with E-state index in [9.17, 15) is 4.79 Å². The summed E-state index contributed by atoms with van der Waals surface area (Å²) in [6, 6.07) is 7.86. The van der Waals surface area contributed by atoms with Crippen molar-refractivity contribution in [2.45, 2.75) is 40.2 Å². The van der Waals surface area contributed by atoms with Crippen molar-refractivity contribution in [3.8, 4) is 0 Å². The van der Waals surface area contributed by atoms with E-state index in [2.05, 4.69) is 24.5 Å². The highest BCUT2D eigenvalue weighted by Crippen LogP contribution is 2.15. The molecule has 0 fully saturated rings. The molecule has 0 aromatic heterocycles. The van der Waals surface area contributed by atoms with Crippen molar-refractivity contribution in [1.29, 1.82) is 0 Å². The summed E-state index contributed by atoms with van der Waals surface area (Å²) in [6.45, 7) is 7.92. The minimum atomic E-state index is -0.0543. The lowest BCUT2D eigenvalue weighted by molar-refractivity contribution is -0.114. The maximum absolute atomic E-state index is 11.0. The first-order valence-corrected chi connectivity index (χ1v) is 7.69. The normalized spacial score (nSPS) is 12.4. The van der Waals surface area contributed by atoms with E-state index in [4.69, 9.17) is 5.11 Å². The van der Waals surface area contributed by atoms with E-state index >= 15 is 0 Å². The van der Waals surface area contributed by atoms with Crippen molar-refractivity contribution in [3.05, 3.63) is 29.8 Å². The molecule has 1 aromatic carbocycles. The van der Waals surface area contributed by atoms with Crippen LogP contribution in [-0.4, -0.2) is 24.2 Å². The van der Waals surface area contributed by atoms with Crippen molar-refractivity contribution >= 4 is 11.6 Å². The second-order valence-electron chi connectivity index (χ2n) is 6.02. The molecule has 0 bridgehead atoms. The van der Waals surface area contributed by atoms with Crippen LogP contribution in [0.25, 0.3) is 0 Å².